The molecule has 1 N–H and O–H groups in total. The molecule has 0 atom stereocenters. The van der Waals surface area contributed by atoms with Gasteiger partial charge in [0, 0.05) is 42.2 Å². The van der Waals surface area contributed by atoms with Gasteiger partial charge in [0.2, 0.25) is 11.7 Å². The molecular weight excluding hydrogens is 370 g/mol. The van der Waals surface area contributed by atoms with Crippen molar-refractivity contribution in [1.82, 2.24) is 19.7 Å². The largest absolute Gasteiger partial charge is 0.334 e. The van der Waals surface area contributed by atoms with E-state index in [1.165, 1.54) is 4.57 Å². The number of nitrogens with one attached hydrogen (secondary N) is 1. The van der Waals surface area contributed by atoms with Crippen LogP contribution in [0.25, 0.3) is 28.5 Å². The standard InChI is InChI=1S/C21H17N5O3/c27-18-8-3-10-25(18)16-6-1-4-14(12-16)19-23-20(29-24-19)15-5-2-7-17(13-15)26-11-9-22-21(26)28/h1-2,4-7,9,11-13H,3,8,10H2,(H,22,28). The number of imidazole rings is 1. The summed E-state index contributed by atoms with van der Waals surface area (Å²) in [5.41, 5.74) is 2.80. The SMILES string of the molecule is O=C1CCCN1c1cccc(-c2noc(-c3cccc(-n4cc[nH]c4=O)c3)n2)c1. The van der Waals surface area contributed by atoms with E-state index < -0.39 is 0 Å². The molecule has 144 valence electrons. The highest BCUT2D eigenvalue weighted by molar-refractivity contribution is 5.95. The summed E-state index contributed by atoms with van der Waals surface area (Å²) in [5.74, 6) is 0.929. The number of carbonyl (C=O) groups is 1. The van der Waals surface area contributed by atoms with Gasteiger partial charge in [0.05, 0.1) is 5.69 Å². The Kier molecular flexibility index (Phi) is 4.09. The number of rotatable bonds is 4. The van der Waals surface area contributed by atoms with Crippen LogP contribution in [-0.2, 0) is 4.79 Å². The molecule has 1 fully saturated rings. The molecule has 2 aromatic carbocycles. The van der Waals surface area contributed by atoms with E-state index in [2.05, 4.69) is 15.1 Å². The van der Waals surface area contributed by atoms with Crippen molar-refractivity contribution >= 4 is 11.6 Å². The molecule has 0 radical (unpaired) electrons. The molecule has 8 heteroatoms. The molecule has 2 aromatic heterocycles. The molecular formula is C21H17N5O3. The summed E-state index contributed by atoms with van der Waals surface area (Å²) in [5, 5.41) is 4.10. The highest BCUT2D eigenvalue weighted by Crippen LogP contribution is 2.28. The monoisotopic (exact) mass is 387 g/mol. The van der Waals surface area contributed by atoms with Crippen LogP contribution >= 0.6 is 0 Å². The predicted molar refractivity (Wildman–Crippen MR) is 107 cm³/mol. The highest BCUT2D eigenvalue weighted by atomic mass is 16.5. The van der Waals surface area contributed by atoms with E-state index in [0.717, 1.165) is 24.2 Å². The summed E-state index contributed by atoms with van der Waals surface area (Å²) in [7, 11) is 0. The van der Waals surface area contributed by atoms with Crippen LogP contribution < -0.4 is 10.6 Å². The quantitative estimate of drug-likeness (QED) is 0.581. The summed E-state index contributed by atoms with van der Waals surface area (Å²) >= 11 is 0. The average molecular weight is 387 g/mol. The van der Waals surface area contributed by atoms with Crippen molar-refractivity contribution in [1.29, 1.82) is 0 Å². The molecule has 1 aliphatic rings. The summed E-state index contributed by atoms with van der Waals surface area (Å²) in [6.45, 7) is 0.727. The molecule has 3 heterocycles. The zero-order valence-electron chi connectivity index (χ0n) is 15.4. The van der Waals surface area contributed by atoms with Gasteiger partial charge >= 0.3 is 5.69 Å². The number of anilines is 1. The maximum Gasteiger partial charge on any atom is 0.330 e. The topological polar surface area (TPSA) is 97.0 Å². The Bertz CT molecular complexity index is 1250. The van der Waals surface area contributed by atoms with Gasteiger partial charge < -0.3 is 14.4 Å². The molecule has 0 unspecified atom stereocenters. The highest BCUT2D eigenvalue weighted by Gasteiger charge is 2.22. The molecule has 1 amide bonds. The van der Waals surface area contributed by atoms with E-state index in [9.17, 15) is 9.59 Å². The Labute approximate surface area is 165 Å². The van der Waals surface area contributed by atoms with Crippen molar-refractivity contribution in [3.05, 3.63) is 71.4 Å². The van der Waals surface area contributed by atoms with Crippen LogP contribution in [0.1, 0.15) is 12.8 Å². The Balaban J connectivity index is 1.47. The molecule has 8 nitrogen and oxygen atoms in total. The maximum atomic E-state index is 12.0. The predicted octanol–water partition coefficient (Wildman–Crippen LogP) is 3.01. The third kappa shape index (κ3) is 3.14. The van der Waals surface area contributed by atoms with Crippen LogP contribution in [0.2, 0.25) is 0 Å². The van der Waals surface area contributed by atoms with Gasteiger partial charge in [0.1, 0.15) is 0 Å². The van der Waals surface area contributed by atoms with Crippen molar-refractivity contribution in [2.45, 2.75) is 12.8 Å². The summed E-state index contributed by atoms with van der Waals surface area (Å²) < 4.78 is 6.95. The number of hydrogen-bond acceptors (Lipinski definition) is 5. The number of amides is 1. The summed E-state index contributed by atoms with van der Waals surface area (Å²) in [4.78, 5) is 32.8. The lowest BCUT2D eigenvalue weighted by Crippen LogP contribution is -2.23. The fraction of sp³-hybridized carbons (Fsp3) is 0.143. The lowest BCUT2D eigenvalue weighted by atomic mass is 10.1. The first-order valence-electron chi connectivity index (χ1n) is 9.30. The molecule has 29 heavy (non-hydrogen) atoms. The number of nitrogens with zero attached hydrogens (tertiary/aromatic N) is 4. The Morgan fingerprint density at radius 1 is 1.00 bits per heavy atom. The first-order valence-corrected chi connectivity index (χ1v) is 9.30. The molecule has 4 aromatic rings. The Morgan fingerprint density at radius 3 is 2.55 bits per heavy atom. The first kappa shape index (κ1) is 17.2. The van der Waals surface area contributed by atoms with Crippen LogP contribution in [0.4, 0.5) is 5.69 Å². The van der Waals surface area contributed by atoms with E-state index >= 15 is 0 Å². The smallest absolute Gasteiger partial charge is 0.330 e. The fourth-order valence-electron chi connectivity index (χ4n) is 3.50. The van der Waals surface area contributed by atoms with Crippen molar-refractivity contribution in [2.75, 3.05) is 11.4 Å². The van der Waals surface area contributed by atoms with Crippen LogP contribution in [0.3, 0.4) is 0 Å². The van der Waals surface area contributed by atoms with E-state index in [-0.39, 0.29) is 11.6 Å². The lowest BCUT2D eigenvalue weighted by molar-refractivity contribution is -0.117. The van der Waals surface area contributed by atoms with Gasteiger partial charge in [-0.1, -0.05) is 23.4 Å². The van der Waals surface area contributed by atoms with Crippen molar-refractivity contribution in [2.24, 2.45) is 0 Å². The zero-order chi connectivity index (χ0) is 19.8. The fourth-order valence-corrected chi connectivity index (χ4v) is 3.50. The number of aromatic nitrogens is 4. The number of benzene rings is 2. The molecule has 0 spiro atoms. The van der Waals surface area contributed by atoms with Gasteiger partial charge in [-0.3, -0.25) is 9.36 Å². The second-order valence-electron chi connectivity index (χ2n) is 6.81. The second kappa shape index (κ2) is 6.90. The van der Waals surface area contributed by atoms with E-state index in [4.69, 9.17) is 4.52 Å². The van der Waals surface area contributed by atoms with Crippen molar-refractivity contribution in [3.63, 3.8) is 0 Å². The first-order chi connectivity index (χ1) is 14.2. The van der Waals surface area contributed by atoms with Crippen LogP contribution in [0.5, 0.6) is 0 Å². The van der Waals surface area contributed by atoms with Crippen molar-refractivity contribution in [3.8, 4) is 28.5 Å². The number of carbonyl (C=O) groups excluding carboxylic acids is 1. The normalized spacial score (nSPS) is 13.9. The van der Waals surface area contributed by atoms with E-state index in [0.29, 0.717) is 29.4 Å². The van der Waals surface area contributed by atoms with Crippen LogP contribution in [0, 0.1) is 0 Å². The molecule has 5 rings (SSSR count). The third-order valence-electron chi connectivity index (χ3n) is 4.94. The lowest BCUT2D eigenvalue weighted by Gasteiger charge is -2.15. The van der Waals surface area contributed by atoms with E-state index in [1.807, 2.05) is 48.5 Å². The Hall–Kier alpha value is -3.94. The van der Waals surface area contributed by atoms with Gasteiger partial charge in [-0.15, -0.1) is 0 Å². The van der Waals surface area contributed by atoms with Crippen molar-refractivity contribution < 1.29 is 9.32 Å². The van der Waals surface area contributed by atoms with Gasteiger partial charge in [0.15, 0.2) is 0 Å². The van der Waals surface area contributed by atoms with Gasteiger partial charge in [-0.2, -0.15) is 4.98 Å². The minimum Gasteiger partial charge on any atom is -0.334 e. The molecule has 1 aliphatic heterocycles. The van der Waals surface area contributed by atoms with Crippen LogP contribution in [0.15, 0.2) is 70.2 Å². The minimum absolute atomic E-state index is 0.132. The minimum atomic E-state index is -0.221. The Morgan fingerprint density at radius 2 is 1.79 bits per heavy atom. The van der Waals surface area contributed by atoms with Gasteiger partial charge in [-0.05, 0) is 36.8 Å². The number of aromatic amines is 1. The van der Waals surface area contributed by atoms with Crippen LogP contribution in [-0.4, -0.2) is 32.1 Å². The van der Waals surface area contributed by atoms with E-state index in [1.54, 1.807) is 17.3 Å². The van der Waals surface area contributed by atoms with Gasteiger partial charge in [-0.25, -0.2) is 4.79 Å². The molecule has 0 bridgehead atoms. The summed E-state index contributed by atoms with van der Waals surface area (Å²) in [6.07, 6.45) is 4.69. The zero-order valence-corrected chi connectivity index (χ0v) is 15.4. The third-order valence-corrected chi connectivity index (χ3v) is 4.94. The number of H-pyrrole nitrogens is 1. The molecule has 1 saturated heterocycles. The maximum absolute atomic E-state index is 12.0. The van der Waals surface area contributed by atoms with Gasteiger partial charge in [0.25, 0.3) is 5.89 Å². The molecule has 0 aliphatic carbocycles. The average Bonchev–Trinajstić information content (AvgIpc) is 3.49. The summed E-state index contributed by atoms with van der Waals surface area (Å²) in [6, 6.07) is 14.9. The molecule has 0 saturated carbocycles. The number of hydrogen-bond donors (Lipinski definition) is 1. The second-order valence-corrected chi connectivity index (χ2v) is 6.81.